The first-order chi connectivity index (χ1) is 2.81. The fourth-order valence-corrected chi connectivity index (χ4v) is 0.0833. The number of hydrogen-bond acceptors (Lipinski definition) is 2. The summed E-state index contributed by atoms with van der Waals surface area (Å²) in [6.07, 6.45) is 0. The van der Waals surface area contributed by atoms with E-state index in [1.807, 2.05) is 6.92 Å². The lowest BCUT2D eigenvalue weighted by atomic mass is 10.2. The van der Waals surface area contributed by atoms with Gasteiger partial charge in [-0.05, 0) is 19.0 Å². The van der Waals surface area contributed by atoms with Gasteiger partial charge < -0.3 is 11.5 Å². The molecule has 0 saturated heterocycles. The van der Waals surface area contributed by atoms with Crippen molar-refractivity contribution in [3.63, 3.8) is 0 Å². The summed E-state index contributed by atoms with van der Waals surface area (Å²) in [6, 6.07) is 0. The minimum atomic E-state index is 0.622. The monoisotopic (exact) mass is 87.1 g/mol. The Kier molecular flexibility index (Phi) is 3.08. The zero-order chi connectivity index (χ0) is 4.99. The number of rotatable bonds is 2. The van der Waals surface area contributed by atoms with Crippen molar-refractivity contribution in [3.8, 4) is 0 Å². The summed E-state index contributed by atoms with van der Waals surface area (Å²) >= 11 is 0. The molecule has 0 aromatic heterocycles. The lowest BCUT2D eigenvalue weighted by Gasteiger charge is -1.98. The van der Waals surface area contributed by atoms with E-state index in [0.29, 0.717) is 13.1 Å². The van der Waals surface area contributed by atoms with Crippen molar-refractivity contribution in [1.82, 2.24) is 0 Å². The quantitative estimate of drug-likeness (QED) is 0.477. The normalized spacial score (nSPS) is 10.0. The van der Waals surface area contributed by atoms with Gasteiger partial charge in [-0.15, -0.1) is 0 Å². The summed E-state index contributed by atoms with van der Waals surface area (Å²) < 4.78 is 0. The SMILES string of the molecule is C[C](CN)CN. The molecule has 0 aliphatic carbocycles. The van der Waals surface area contributed by atoms with Crippen molar-refractivity contribution in [2.75, 3.05) is 13.1 Å². The molecule has 0 aliphatic rings. The minimum Gasteiger partial charge on any atom is -0.330 e. The molecule has 0 aromatic rings. The summed E-state index contributed by atoms with van der Waals surface area (Å²) in [5.74, 6) is 1.15. The highest BCUT2D eigenvalue weighted by molar-refractivity contribution is 4.85. The molecule has 0 fully saturated rings. The van der Waals surface area contributed by atoms with Crippen molar-refractivity contribution in [1.29, 1.82) is 0 Å². The molecule has 0 aliphatic heterocycles. The van der Waals surface area contributed by atoms with Crippen LogP contribution in [-0.2, 0) is 0 Å². The molecule has 6 heavy (non-hydrogen) atoms. The lowest BCUT2D eigenvalue weighted by Crippen LogP contribution is -2.17. The molecule has 4 N–H and O–H groups in total. The van der Waals surface area contributed by atoms with Crippen molar-refractivity contribution in [2.45, 2.75) is 6.92 Å². The van der Waals surface area contributed by atoms with Gasteiger partial charge in [0.15, 0.2) is 0 Å². The van der Waals surface area contributed by atoms with Crippen molar-refractivity contribution in [2.24, 2.45) is 11.5 Å². The first-order valence-corrected chi connectivity index (χ1v) is 2.02. The summed E-state index contributed by atoms with van der Waals surface area (Å²) in [5, 5.41) is 0. The molecule has 37 valence electrons. The molecule has 0 spiro atoms. The first kappa shape index (κ1) is 5.92. The van der Waals surface area contributed by atoms with Gasteiger partial charge in [-0.3, -0.25) is 0 Å². The van der Waals surface area contributed by atoms with Gasteiger partial charge in [0, 0.05) is 0 Å². The third kappa shape index (κ3) is 2.18. The Hall–Kier alpha value is -0.0800. The van der Waals surface area contributed by atoms with Gasteiger partial charge in [-0.1, -0.05) is 6.92 Å². The molecule has 0 heterocycles. The van der Waals surface area contributed by atoms with Crippen LogP contribution in [0.4, 0.5) is 0 Å². The van der Waals surface area contributed by atoms with E-state index in [9.17, 15) is 0 Å². The maximum atomic E-state index is 5.17. The van der Waals surface area contributed by atoms with Gasteiger partial charge in [-0.2, -0.15) is 0 Å². The molecular formula is C4H11N2. The van der Waals surface area contributed by atoms with E-state index in [0.717, 1.165) is 5.92 Å². The zero-order valence-electron chi connectivity index (χ0n) is 4.07. The van der Waals surface area contributed by atoms with E-state index >= 15 is 0 Å². The van der Waals surface area contributed by atoms with Gasteiger partial charge in [0.2, 0.25) is 0 Å². The van der Waals surface area contributed by atoms with Crippen LogP contribution >= 0.6 is 0 Å². The van der Waals surface area contributed by atoms with E-state index in [1.165, 1.54) is 0 Å². The molecule has 0 unspecified atom stereocenters. The Bertz CT molecular complexity index is 24.7. The molecule has 0 bridgehead atoms. The second-order valence-electron chi connectivity index (χ2n) is 1.37. The standard InChI is InChI=1S/C4H11N2/c1-4(2-5)3-6/h2-3,5-6H2,1H3. The van der Waals surface area contributed by atoms with Gasteiger partial charge in [0.25, 0.3) is 0 Å². The first-order valence-electron chi connectivity index (χ1n) is 2.02. The Labute approximate surface area is 38.5 Å². The maximum absolute atomic E-state index is 5.17. The van der Waals surface area contributed by atoms with E-state index in [2.05, 4.69) is 0 Å². The Morgan fingerprint density at radius 3 is 1.67 bits per heavy atom. The highest BCUT2D eigenvalue weighted by Gasteiger charge is 1.90. The fraction of sp³-hybridized carbons (Fsp3) is 0.750. The topological polar surface area (TPSA) is 52.0 Å². The predicted molar refractivity (Wildman–Crippen MR) is 27.0 cm³/mol. The molecule has 0 saturated carbocycles. The minimum absolute atomic E-state index is 0.622. The average Bonchev–Trinajstić information content (AvgIpc) is 1.65. The summed E-state index contributed by atoms with van der Waals surface area (Å²) in [4.78, 5) is 0. The summed E-state index contributed by atoms with van der Waals surface area (Å²) in [5.41, 5.74) is 10.3. The molecule has 0 amide bonds. The average molecular weight is 87.1 g/mol. The fourth-order valence-electron chi connectivity index (χ4n) is 0.0833. The third-order valence-corrected chi connectivity index (χ3v) is 0.697. The summed E-state index contributed by atoms with van der Waals surface area (Å²) in [7, 11) is 0. The highest BCUT2D eigenvalue weighted by atomic mass is 14.6. The third-order valence-electron chi connectivity index (χ3n) is 0.697. The smallest absolute Gasteiger partial charge is 0.000240 e. The lowest BCUT2D eigenvalue weighted by molar-refractivity contribution is 0.883. The van der Waals surface area contributed by atoms with Crippen LogP contribution < -0.4 is 11.5 Å². The van der Waals surface area contributed by atoms with Gasteiger partial charge in [0.1, 0.15) is 0 Å². The van der Waals surface area contributed by atoms with Crippen molar-refractivity contribution in [3.05, 3.63) is 5.92 Å². The van der Waals surface area contributed by atoms with Gasteiger partial charge in [-0.25, -0.2) is 0 Å². The molecular weight excluding hydrogens is 76.1 g/mol. The van der Waals surface area contributed by atoms with Crippen molar-refractivity contribution < 1.29 is 0 Å². The van der Waals surface area contributed by atoms with Crippen LogP contribution in [0.25, 0.3) is 0 Å². The molecule has 0 aromatic carbocycles. The Morgan fingerprint density at radius 2 is 1.67 bits per heavy atom. The highest BCUT2D eigenvalue weighted by Crippen LogP contribution is 1.85. The van der Waals surface area contributed by atoms with E-state index in [-0.39, 0.29) is 0 Å². The van der Waals surface area contributed by atoms with Crippen LogP contribution in [0.3, 0.4) is 0 Å². The van der Waals surface area contributed by atoms with Crippen LogP contribution in [0, 0.1) is 5.92 Å². The van der Waals surface area contributed by atoms with E-state index in [4.69, 9.17) is 11.5 Å². The maximum Gasteiger partial charge on any atom is -0.000240 e. The molecule has 0 rings (SSSR count). The van der Waals surface area contributed by atoms with E-state index < -0.39 is 0 Å². The molecule has 2 heteroatoms. The number of nitrogens with two attached hydrogens (primary N) is 2. The Balaban J connectivity index is 2.75. The molecule has 0 atom stereocenters. The second-order valence-corrected chi connectivity index (χ2v) is 1.37. The van der Waals surface area contributed by atoms with Crippen LogP contribution in [-0.4, -0.2) is 13.1 Å². The summed E-state index contributed by atoms with van der Waals surface area (Å²) in [6.45, 7) is 3.19. The van der Waals surface area contributed by atoms with Gasteiger partial charge in [0.05, 0.1) is 0 Å². The Morgan fingerprint density at radius 1 is 1.33 bits per heavy atom. The van der Waals surface area contributed by atoms with Crippen LogP contribution in [0.15, 0.2) is 0 Å². The van der Waals surface area contributed by atoms with Crippen LogP contribution in [0.5, 0.6) is 0 Å². The van der Waals surface area contributed by atoms with Crippen LogP contribution in [0.2, 0.25) is 0 Å². The van der Waals surface area contributed by atoms with Crippen LogP contribution in [0.1, 0.15) is 6.92 Å². The van der Waals surface area contributed by atoms with Gasteiger partial charge >= 0.3 is 0 Å². The largest absolute Gasteiger partial charge is 0.330 e. The van der Waals surface area contributed by atoms with Crippen molar-refractivity contribution >= 4 is 0 Å². The molecule has 2 nitrogen and oxygen atoms in total. The molecule has 1 radical (unpaired) electrons. The zero-order valence-corrected chi connectivity index (χ0v) is 4.07. The number of hydrogen-bond donors (Lipinski definition) is 2. The van der Waals surface area contributed by atoms with E-state index in [1.54, 1.807) is 0 Å². The predicted octanol–water partition coefficient (Wildman–Crippen LogP) is -0.502. The second kappa shape index (κ2) is 3.12.